The van der Waals surface area contributed by atoms with Crippen molar-refractivity contribution >= 4 is 0 Å². The van der Waals surface area contributed by atoms with Gasteiger partial charge in [0.1, 0.15) is 11.8 Å². The topological polar surface area (TPSA) is 51.4 Å². The number of hydrogen-bond donors (Lipinski definition) is 0. The van der Waals surface area contributed by atoms with E-state index >= 15 is 0 Å². The molecule has 5 heteroatoms. The van der Waals surface area contributed by atoms with E-state index in [4.69, 9.17) is 9.15 Å². The lowest BCUT2D eigenvalue weighted by Gasteiger charge is -2.31. The quantitative estimate of drug-likeness (QED) is 0.297. The zero-order valence-electron chi connectivity index (χ0n) is 19.2. The predicted molar refractivity (Wildman–Crippen MR) is 133 cm³/mol. The monoisotopic (exact) mass is 449 g/mol. The standard InChI is InChI=1S/C29H27N3O2/c1-33-26-18-16-25(17-19-26)28-30-31-29(34-28)27(24-14-8-9-15-24)32(20-22-10-4-2-5-11-22)21-23-12-6-3-7-13-23/h2-14,16-19,27H,15,20-21H2,1H3. The molecule has 5 rings (SSSR count). The van der Waals surface area contributed by atoms with Gasteiger partial charge in [0.25, 0.3) is 0 Å². The third-order valence-corrected chi connectivity index (χ3v) is 5.98. The van der Waals surface area contributed by atoms with Crippen LogP contribution in [0, 0.1) is 0 Å². The molecule has 0 saturated carbocycles. The number of ether oxygens (including phenoxy) is 1. The number of allylic oxidation sites excluding steroid dienone is 3. The maximum atomic E-state index is 6.30. The van der Waals surface area contributed by atoms with E-state index in [1.807, 2.05) is 36.4 Å². The SMILES string of the molecule is COc1ccc(-c2nnc(C(C3=CC=CC3)N(Cc3ccccc3)Cc3ccccc3)o2)cc1. The van der Waals surface area contributed by atoms with Crippen LogP contribution in [-0.4, -0.2) is 22.2 Å². The molecule has 0 amide bonds. The maximum Gasteiger partial charge on any atom is 0.247 e. The minimum atomic E-state index is -0.130. The van der Waals surface area contributed by atoms with Gasteiger partial charge in [-0.1, -0.05) is 78.9 Å². The highest BCUT2D eigenvalue weighted by Crippen LogP contribution is 2.36. The average molecular weight is 450 g/mol. The Morgan fingerprint density at radius 1 is 0.853 bits per heavy atom. The van der Waals surface area contributed by atoms with E-state index in [1.165, 1.54) is 16.7 Å². The van der Waals surface area contributed by atoms with Gasteiger partial charge in [0.2, 0.25) is 11.8 Å². The van der Waals surface area contributed by atoms with Crippen LogP contribution >= 0.6 is 0 Å². The van der Waals surface area contributed by atoms with Gasteiger partial charge in [-0.25, -0.2) is 0 Å². The summed E-state index contributed by atoms with van der Waals surface area (Å²) in [5.74, 6) is 1.90. The summed E-state index contributed by atoms with van der Waals surface area (Å²) in [6.07, 6.45) is 7.31. The first kappa shape index (κ1) is 21.9. The van der Waals surface area contributed by atoms with Gasteiger partial charge in [-0.2, -0.15) is 0 Å². The van der Waals surface area contributed by atoms with Crippen molar-refractivity contribution < 1.29 is 9.15 Å². The van der Waals surface area contributed by atoms with Crippen molar-refractivity contribution in [1.29, 1.82) is 0 Å². The molecule has 1 aliphatic rings. The predicted octanol–water partition coefficient (Wildman–Crippen LogP) is 6.38. The van der Waals surface area contributed by atoms with Crippen LogP contribution < -0.4 is 4.74 Å². The maximum absolute atomic E-state index is 6.30. The van der Waals surface area contributed by atoms with Crippen LogP contribution in [0.4, 0.5) is 0 Å². The van der Waals surface area contributed by atoms with E-state index in [9.17, 15) is 0 Å². The second-order valence-corrected chi connectivity index (χ2v) is 8.33. The van der Waals surface area contributed by atoms with Crippen LogP contribution in [0.15, 0.2) is 113 Å². The highest BCUT2D eigenvalue weighted by atomic mass is 16.5. The van der Waals surface area contributed by atoms with Crippen LogP contribution in [-0.2, 0) is 13.1 Å². The third-order valence-electron chi connectivity index (χ3n) is 5.98. The summed E-state index contributed by atoms with van der Waals surface area (Å²) in [5, 5.41) is 8.92. The van der Waals surface area contributed by atoms with Gasteiger partial charge in [-0.15, -0.1) is 10.2 Å². The number of hydrogen-bond acceptors (Lipinski definition) is 5. The Balaban J connectivity index is 1.51. The van der Waals surface area contributed by atoms with Gasteiger partial charge in [0, 0.05) is 18.7 Å². The summed E-state index contributed by atoms with van der Waals surface area (Å²) >= 11 is 0. The summed E-state index contributed by atoms with van der Waals surface area (Å²) in [6.45, 7) is 1.52. The number of nitrogens with zero attached hydrogens (tertiary/aromatic N) is 3. The molecule has 4 aromatic rings. The van der Waals surface area contributed by atoms with Crippen LogP contribution in [0.1, 0.15) is 29.5 Å². The lowest BCUT2D eigenvalue weighted by atomic mass is 10.0. The molecule has 1 aromatic heterocycles. The first-order chi connectivity index (χ1) is 16.8. The summed E-state index contributed by atoms with van der Waals surface area (Å²) in [4.78, 5) is 2.41. The molecule has 0 fully saturated rings. The Kier molecular flexibility index (Phi) is 6.64. The molecular formula is C29H27N3O2. The van der Waals surface area contributed by atoms with Crippen molar-refractivity contribution in [3.63, 3.8) is 0 Å². The Morgan fingerprint density at radius 3 is 2.06 bits per heavy atom. The molecule has 0 bridgehead atoms. The lowest BCUT2D eigenvalue weighted by Crippen LogP contribution is -2.29. The Labute approximate surface area is 200 Å². The number of aromatic nitrogens is 2. The van der Waals surface area contributed by atoms with Crippen LogP contribution in [0.2, 0.25) is 0 Å². The van der Waals surface area contributed by atoms with E-state index in [1.54, 1.807) is 7.11 Å². The Morgan fingerprint density at radius 2 is 1.50 bits per heavy atom. The average Bonchev–Trinajstić information content (AvgIpc) is 3.59. The van der Waals surface area contributed by atoms with E-state index in [-0.39, 0.29) is 6.04 Å². The molecular weight excluding hydrogens is 422 g/mol. The van der Waals surface area contributed by atoms with Crippen LogP contribution in [0.5, 0.6) is 5.75 Å². The summed E-state index contributed by atoms with van der Waals surface area (Å²) < 4.78 is 11.6. The Bertz CT molecular complexity index is 1220. The fraction of sp³-hybridized carbons (Fsp3) is 0.172. The van der Waals surface area contributed by atoms with E-state index in [0.717, 1.165) is 30.8 Å². The van der Waals surface area contributed by atoms with Crippen molar-refractivity contribution in [2.45, 2.75) is 25.6 Å². The molecule has 0 saturated heterocycles. The first-order valence-corrected chi connectivity index (χ1v) is 11.5. The van der Waals surface area contributed by atoms with Crippen molar-refractivity contribution in [3.8, 4) is 17.2 Å². The second kappa shape index (κ2) is 10.3. The molecule has 3 aromatic carbocycles. The van der Waals surface area contributed by atoms with E-state index in [0.29, 0.717) is 11.8 Å². The molecule has 1 aliphatic carbocycles. The third kappa shape index (κ3) is 5.00. The largest absolute Gasteiger partial charge is 0.497 e. The van der Waals surface area contributed by atoms with Gasteiger partial charge in [-0.05, 0) is 47.4 Å². The molecule has 0 spiro atoms. The molecule has 0 aliphatic heterocycles. The first-order valence-electron chi connectivity index (χ1n) is 11.5. The van der Waals surface area contributed by atoms with Crippen LogP contribution in [0.3, 0.4) is 0 Å². The van der Waals surface area contributed by atoms with Gasteiger partial charge in [0.05, 0.1) is 7.11 Å². The second-order valence-electron chi connectivity index (χ2n) is 8.33. The molecule has 1 heterocycles. The van der Waals surface area contributed by atoms with Crippen molar-refractivity contribution in [3.05, 3.63) is 126 Å². The zero-order chi connectivity index (χ0) is 23.2. The van der Waals surface area contributed by atoms with Gasteiger partial charge >= 0.3 is 0 Å². The molecule has 34 heavy (non-hydrogen) atoms. The lowest BCUT2D eigenvalue weighted by molar-refractivity contribution is 0.177. The summed E-state index contributed by atoms with van der Waals surface area (Å²) in [6, 6.07) is 28.6. The minimum absolute atomic E-state index is 0.130. The van der Waals surface area contributed by atoms with Crippen molar-refractivity contribution in [1.82, 2.24) is 15.1 Å². The van der Waals surface area contributed by atoms with Crippen molar-refractivity contribution in [2.75, 3.05) is 7.11 Å². The Hall–Kier alpha value is -3.96. The van der Waals surface area contributed by atoms with Gasteiger partial charge in [0.15, 0.2) is 0 Å². The van der Waals surface area contributed by atoms with Crippen molar-refractivity contribution in [2.24, 2.45) is 0 Å². The summed E-state index contributed by atoms with van der Waals surface area (Å²) in [5.41, 5.74) is 4.60. The molecule has 0 radical (unpaired) electrons. The normalized spacial score (nSPS) is 13.8. The molecule has 1 unspecified atom stereocenters. The molecule has 5 nitrogen and oxygen atoms in total. The number of methoxy groups -OCH3 is 1. The fourth-order valence-corrected chi connectivity index (χ4v) is 4.29. The minimum Gasteiger partial charge on any atom is -0.497 e. The number of benzene rings is 3. The highest BCUT2D eigenvalue weighted by Gasteiger charge is 2.30. The van der Waals surface area contributed by atoms with E-state index in [2.05, 4.69) is 81.9 Å². The van der Waals surface area contributed by atoms with Gasteiger partial charge in [-0.3, -0.25) is 4.90 Å². The van der Waals surface area contributed by atoms with Crippen LogP contribution in [0.25, 0.3) is 11.5 Å². The van der Waals surface area contributed by atoms with E-state index < -0.39 is 0 Å². The zero-order valence-corrected chi connectivity index (χ0v) is 19.2. The van der Waals surface area contributed by atoms with Gasteiger partial charge < -0.3 is 9.15 Å². The molecule has 170 valence electrons. The summed E-state index contributed by atoms with van der Waals surface area (Å²) in [7, 11) is 1.65. The molecule has 0 N–H and O–H groups in total. The smallest absolute Gasteiger partial charge is 0.247 e. The number of rotatable bonds is 9. The molecule has 1 atom stereocenters. The fourth-order valence-electron chi connectivity index (χ4n) is 4.29. The highest BCUT2D eigenvalue weighted by molar-refractivity contribution is 5.54.